The van der Waals surface area contributed by atoms with Crippen LogP contribution in [0.25, 0.3) is 0 Å². The zero-order valence-electron chi connectivity index (χ0n) is 16.4. The predicted octanol–water partition coefficient (Wildman–Crippen LogP) is 3.85. The number of benzene rings is 1. The summed E-state index contributed by atoms with van der Waals surface area (Å²) in [6.07, 6.45) is 3.26. The first-order valence-electron chi connectivity index (χ1n) is 8.68. The van der Waals surface area contributed by atoms with Gasteiger partial charge in [-0.25, -0.2) is 0 Å². The average molecular weight is 463 g/mol. The van der Waals surface area contributed by atoms with Gasteiger partial charge in [0.2, 0.25) is 0 Å². The van der Waals surface area contributed by atoms with E-state index < -0.39 is 0 Å². The summed E-state index contributed by atoms with van der Waals surface area (Å²) in [7, 11) is 5.11. The molecule has 5 nitrogen and oxygen atoms in total. The van der Waals surface area contributed by atoms with Crippen molar-refractivity contribution >= 4 is 29.9 Å². The van der Waals surface area contributed by atoms with E-state index in [1.165, 1.54) is 12.0 Å². The molecule has 0 fully saturated rings. The number of methoxy groups -OCH3 is 2. The van der Waals surface area contributed by atoms with Crippen LogP contribution in [0.2, 0.25) is 0 Å². The van der Waals surface area contributed by atoms with E-state index in [-0.39, 0.29) is 24.0 Å². The normalized spacial score (nSPS) is 12.4. The predicted molar refractivity (Wildman–Crippen MR) is 117 cm³/mol. The van der Waals surface area contributed by atoms with E-state index in [2.05, 4.69) is 42.5 Å². The molecule has 0 aliphatic carbocycles. The highest BCUT2D eigenvalue weighted by Crippen LogP contribution is 2.27. The second kappa shape index (κ2) is 13.1. The van der Waals surface area contributed by atoms with Gasteiger partial charge < -0.3 is 20.1 Å². The molecule has 0 saturated carbocycles. The van der Waals surface area contributed by atoms with Crippen LogP contribution < -0.4 is 20.1 Å². The van der Waals surface area contributed by atoms with Crippen LogP contribution in [-0.2, 0) is 6.42 Å². The lowest BCUT2D eigenvalue weighted by Gasteiger charge is -2.19. The van der Waals surface area contributed by atoms with Gasteiger partial charge in [-0.3, -0.25) is 4.99 Å². The molecule has 25 heavy (non-hydrogen) atoms. The van der Waals surface area contributed by atoms with Gasteiger partial charge in [-0.2, -0.15) is 0 Å². The maximum Gasteiger partial charge on any atom is 0.191 e. The van der Waals surface area contributed by atoms with E-state index in [1.54, 1.807) is 21.3 Å². The summed E-state index contributed by atoms with van der Waals surface area (Å²) in [5.41, 5.74) is 1.20. The topological polar surface area (TPSA) is 54.9 Å². The number of nitrogens with one attached hydrogen (secondary N) is 2. The molecule has 1 rings (SSSR count). The molecule has 0 amide bonds. The zero-order chi connectivity index (χ0) is 17.9. The molecule has 2 N–H and O–H groups in total. The van der Waals surface area contributed by atoms with Crippen LogP contribution in [0.1, 0.15) is 39.2 Å². The molecule has 144 valence electrons. The summed E-state index contributed by atoms with van der Waals surface area (Å²) >= 11 is 0. The Balaban J connectivity index is 0.00000576. The largest absolute Gasteiger partial charge is 0.493 e. The molecule has 1 unspecified atom stereocenters. The second-order valence-electron chi connectivity index (χ2n) is 6.45. The number of halogens is 1. The molecular formula is C19H34IN3O2. The van der Waals surface area contributed by atoms with Crippen molar-refractivity contribution < 1.29 is 9.47 Å². The van der Waals surface area contributed by atoms with Crippen molar-refractivity contribution in [2.24, 2.45) is 10.9 Å². The first kappa shape index (κ1) is 23.8. The van der Waals surface area contributed by atoms with Crippen molar-refractivity contribution in [2.45, 2.75) is 46.1 Å². The highest BCUT2D eigenvalue weighted by Gasteiger charge is 2.07. The van der Waals surface area contributed by atoms with Gasteiger partial charge in [0.05, 0.1) is 14.2 Å². The minimum absolute atomic E-state index is 0. The van der Waals surface area contributed by atoms with Gasteiger partial charge in [0.25, 0.3) is 0 Å². The van der Waals surface area contributed by atoms with Crippen LogP contribution in [0.15, 0.2) is 23.2 Å². The lowest BCUT2D eigenvalue weighted by atomic mass is 10.0. The van der Waals surface area contributed by atoms with E-state index >= 15 is 0 Å². The third-order valence-electron chi connectivity index (χ3n) is 3.94. The zero-order valence-corrected chi connectivity index (χ0v) is 18.7. The smallest absolute Gasteiger partial charge is 0.191 e. The monoisotopic (exact) mass is 463 g/mol. The molecule has 0 aliphatic rings. The lowest BCUT2D eigenvalue weighted by molar-refractivity contribution is 0.354. The van der Waals surface area contributed by atoms with Crippen molar-refractivity contribution in [3.63, 3.8) is 0 Å². The summed E-state index contributed by atoms with van der Waals surface area (Å²) in [5.74, 6) is 3.10. The molecule has 1 aromatic carbocycles. The standard InChI is InChI=1S/C19H33N3O2.HI/c1-14(2)7-8-15(3)22-19(20-4)21-12-11-16-9-10-17(23-5)18(13-16)24-6;/h9-10,13-15H,7-8,11-12H2,1-6H3,(H2,20,21,22);1H. The number of guanidine groups is 1. The highest BCUT2D eigenvalue weighted by molar-refractivity contribution is 14.0. The summed E-state index contributed by atoms with van der Waals surface area (Å²) in [5, 5.41) is 6.81. The number of aliphatic imine (C=N–C) groups is 1. The molecule has 1 aromatic rings. The van der Waals surface area contributed by atoms with Crippen molar-refractivity contribution in [1.82, 2.24) is 10.6 Å². The van der Waals surface area contributed by atoms with Crippen LogP contribution in [0.5, 0.6) is 11.5 Å². The van der Waals surface area contributed by atoms with Crippen LogP contribution in [0.4, 0.5) is 0 Å². The number of ether oxygens (including phenoxy) is 2. The summed E-state index contributed by atoms with van der Waals surface area (Å²) < 4.78 is 10.6. The first-order chi connectivity index (χ1) is 11.5. The Morgan fingerprint density at radius 2 is 1.76 bits per heavy atom. The molecule has 0 bridgehead atoms. The minimum atomic E-state index is 0. The van der Waals surface area contributed by atoms with Crippen LogP contribution >= 0.6 is 24.0 Å². The van der Waals surface area contributed by atoms with Crippen molar-refractivity contribution in [2.75, 3.05) is 27.8 Å². The Morgan fingerprint density at radius 3 is 2.32 bits per heavy atom. The number of rotatable bonds is 9. The molecule has 1 atom stereocenters. The maximum atomic E-state index is 5.34. The van der Waals surface area contributed by atoms with Gasteiger partial charge in [-0.05, 0) is 49.8 Å². The first-order valence-corrected chi connectivity index (χ1v) is 8.68. The molecule has 0 saturated heterocycles. The Labute approximate surface area is 170 Å². The van der Waals surface area contributed by atoms with Crippen molar-refractivity contribution in [3.8, 4) is 11.5 Å². The van der Waals surface area contributed by atoms with Crippen molar-refractivity contribution in [3.05, 3.63) is 23.8 Å². The van der Waals surface area contributed by atoms with Gasteiger partial charge in [-0.1, -0.05) is 19.9 Å². The quantitative estimate of drug-likeness (QED) is 0.332. The lowest BCUT2D eigenvalue weighted by Crippen LogP contribution is -2.43. The van der Waals surface area contributed by atoms with Crippen LogP contribution in [-0.4, -0.2) is 39.8 Å². The third-order valence-corrected chi connectivity index (χ3v) is 3.94. The summed E-state index contributed by atoms with van der Waals surface area (Å²) in [4.78, 5) is 4.30. The minimum Gasteiger partial charge on any atom is -0.493 e. The Hall–Kier alpha value is -1.18. The van der Waals surface area contributed by atoms with E-state index in [0.29, 0.717) is 6.04 Å². The van der Waals surface area contributed by atoms with Crippen LogP contribution in [0.3, 0.4) is 0 Å². The molecule has 0 spiro atoms. The number of hydrogen-bond acceptors (Lipinski definition) is 3. The van der Waals surface area contributed by atoms with Gasteiger partial charge in [-0.15, -0.1) is 24.0 Å². The van der Waals surface area contributed by atoms with Gasteiger partial charge in [0, 0.05) is 19.6 Å². The van der Waals surface area contributed by atoms with Crippen LogP contribution in [0, 0.1) is 5.92 Å². The van der Waals surface area contributed by atoms with Crippen molar-refractivity contribution in [1.29, 1.82) is 0 Å². The van der Waals surface area contributed by atoms with Gasteiger partial charge in [0.1, 0.15) is 0 Å². The number of hydrogen-bond donors (Lipinski definition) is 2. The molecular weight excluding hydrogens is 429 g/mol. The fourth-order valence-corrected chi connectivity index (χ4v) is 2.44. The molecule has 0 radical (unpaired) electrons. The second-order valence-corrected chi connectivity index (χ2v) is 6.45. The van der Waals surface area contributed by atoms with E-state index in [4.69, 9.17) is 9.47 Å². The van der Waals surface area contributed by atoms with Gasteiger partial charge in [0.15, 0.2) is 17.5 Å². The maximum absolute atomic E-state index is 5.34. The fourth-order valence-electron chi connectivity index (χ4n) is 2.44. The Bertz CT molecular complexity index is 521. The fraction of sp³-hybridized carbons (Fsp3) is 0.632. The third kappa shape index (κ3) is 9.18. The summed E-state index contributed by atoms with van der Waals surface area (Å²) in [6.45, 7) is 7.52. The molecule has 0 aromatic heterocycles. The SMILES string of the molecule is CN=C(NCCc1ccc(OC)c(OC)c1)NC(C)CCC(C)C.I. The Kier molecular flexibility index (Phi) is 12.5. The average Bonchev–Trinajstić information content (AvgIpc) is 2.58. The van der Waals surface area contributed by atoms with E-state index in [1.807, 2.05) is 12.1 Å². The molecule has 0 heterocycles. The van der Waals surface area contributed by atoms with E-state index in [9.17, 15) is 0 Å². The molecule has 6 heteroatoms. The van der Waals surface area contributed by atoms with E-state index in [0.717, 1.165) is 42.8 Å². The Morgan fingerprint density at radius 1 is 1.08 bits per heavy atom. The number of nitrogens with zero attached hydrogens (tertiary/aromatic N) is 1. The summed E-state index contributed by atoms with van der Waals surface area (Å²) in [6, 6.07) is 6.43. The highest BCUT2D eigenvalue weighted by atomic mass is 127. The van der Waals surface area contributed by atoms with Gasteiger partial charge >= 0.3 is 0 Å². The molecule has 0 aliphatic heterocycles.